The fraction of sp³-hybridized carbons (Fsp3) is 0.333. The van der Waals surface area contributed by atoms with E-state index in [0.717, 1.165) is 11.4 Å². The maximum Gasteiger partial charge on any atom is 0.184 e. The van der Waals surface area contributed by atoms with Crippen molar-refractivity contribution in [2.45, 2.75) is 18.8 Å². The first-order chi connectivity index (χ1) is 6.93. The Morgan fingerprint density at radius 2 is 2.00 bits per heavy atom. The Morgan fingerprint density at radius 3 is 2.71 bits per heavy atom. The second-order valence-corrected chi connectivity index (χ2v) is 3.45. The van der Waals surface area contributed by atoms with Gasteiger partial charge in [0.25, 0.3) is 0 Å². The monoisotopic (exact) mass is 187 g/mol. The summed E-state index contributed by atoms with van der Waals surface area (Å²) in [5.74, 6) is 2.28. The smallest absolute Gasteiger partial charge is 0.184 e. The molecule has 0 radical (unpaired) electrons. The van der Waals surface area contributed by atoms with Crippen molar-refractivity contribution in [3.63, 3.8) is 0 Å². The molecule has 0 spiro atoms. The second-order valence-electron chi connectivity index (χ2n) is 3.45. The highest BCUT2D eigenvalue weighted by atomic mass is 15.2. The number of aromatic nitrogens is 5. The Kier molecular flexibility index (Phi) is 1.56. The van der Waals surface area contributed by atoms with Crippen LogP contribution in [0, 0.1) is 0 Å². The number of rotatable bonds is 2. The van der Waals surface area contributed by atoms with Crippen molar-refractivity contribution in [1.29, 1.82) is 0 Å². The average Bonchev–Trinajstić information content (AvgIpc) is 2.98. The van der Waals surface area contributed by atoms with Gasteiger partial charge in [0, 0.05) is 18.3 Å². The van der Waals surface area contributed by atoms with Gasteiger partial charge in [0.1, 0.15) is 12.2 Å². The standard InChI is InChI=1S/C9H9N5/c1-2-6(1)8-12-9(14-13-8)7-3-10-5-11-4-7/h3-6H,1-2H2,(H,12,13,14). The van der Waals surface area contributed by atoms with E-state index in [1.54, 1.807) is 12.4 Å². The van der Waals surface area contributed by atoms with Gasteiger partial charge in [0.2, 0.25) is 0 Å². The minimum Gasteiger partial charge on any atom is -0.262 e. The van der Waals surface area contributed by atoms with E-state index in [9.17, 15) is 0 Å². The molecule has 0 aliphatic heterocycles. The zero-order valence-corrected chi connectivity index (χ0v) is 7.51. The van der Waals surface area contributed by atoms with Crippen LogP contribution in [0.2, 0.25) is 0 Å². The summed E-state index contributed by atoms with van der Waals surface area (Å²) >= 11 is 0. The lowest BCUT2D eigenvalue weighted by atomic mass is 10.3. The van der Waals surface area contributed by atoms with E-state index in [2.05, 4.69) is 25.1 Å². The van der Waals surface area contributed by atoms with Crippen molar-refractivity contribution in [3.8, 4) is 11.4 Å². The van der Waals surface area contributed by atoms with Crippen molar-refractivity contribution in [2.75, 3.05) is 0 Å². The number of nitrogens with zero attached hydrogens (tertiary/aromatic N) is 4. The van der Waals surface area contributed by atoms with E-state index < -0.39 is 0 Å². The molecule has 1 aliphatic carbocycles. The molecule has 2 heterocycles. The lowest BCUT2D eigenvalue weighted by Gasteiger charge is -1.90. The maximum absolute atomic E-state index is 4.40. The van der Waals surface area contributed by atoms with Crippen LogP contribution in [0.15, 0.2) is 18.7 Å². The SMILES string of the molecule is c1ncc(-c2n[nH]c(C3CC3)n2)cn1. The Morgan fingerprint density at radius 1 is 1.21 bits per heavy atom. The Balaban J connectivity index is 1.96. The number of H-pyrrole nitrogens is 1. The van der Waals surface area contributed by atoms with Crippen molar-refractivity contribution in [1.82, 2.24) is 25.1 Å². The van der Waals surface area contributed by atoms with Crippen LogP contribution < -0.4 is 0 Å². The minimum atomic E-state index is 0.598. The summed E-state index contributed by atoms with van der Waals surface area (Å²) in [5, 5.41) is 7.08. The van der Waals surface area contributed by atoms with Crippen LogP contribution in [0.3, 0.4) is 0 Å². The van der Waals surface area contributed by atoms with E-state index in [1.807, 2.05) is 0 Å². The molecule has 0 amide bonds. The molecule has 2 aromatic rings. The van der Waals surface area contributed by atoms with Crippen molar-refractivity contribution in [3.05, 3.63) is 24.5 Å². The second kappa shape index (κ2) is 2.87. The molecule has 2 aromatic heterocycles. The first-order valence-corrected chi connectivity index (χ1v) is 4.61. The number of nitrogens with one attached hydrogen (secondary N) is 1. The fourth-order valence-corrected chi connectivity index (χ4v) is 1.36. The molecule has 14 heavy (non-hydrogen) atoms. The highest BCUT2D eigenvalue weighted by Crippen LogP contribution is 2.38. The summed E-state index contributed by atoms with van der Waals surface area (Å²) in [4.78, 5) is 12.2. The van der Waals surface area contributed by atoms with Gasteiger partial charge in [-0.1, -0.05) is 0 Å². The van der Waals surface area contributed by atoms with E-state index in [4.69, 9.17) is 0 Å². The predicted octanol–water partition coefficient (Wildman–Crippen LogP) is 1.14. The third kappa shape index (κ3) is 1.26. The molecule has 70 valence electrons. The number of hydrogen-bond acceptors (Lipinski definition) is 4. The average molecular weight is 187 g/mol. The fourth-order valence-electron chi connectivity index (χ4n) is 1.36. The molecule has 5 heteroatoms. The van der Waals surface area contributed by atoms with Gasteiger partial charge in [0.05, 0.1) is 5.56 Å². The Labute approximate surface area is 80.6 Å². The molecule has 1 fully saturated rings. The number of aromatic amines is 1. The zero-order chi connectivity index (χ0) is 9.38. The normalized spacial score (nSPS) is 15.7. The van der Waals surface area contributed by atoms with Gasteiger partial charge >= 0.3 is 0 Å². The van der Waals surface area contributed by atoms with E-state index >= 15 is 0 Å². The molecule has 1 N–H and O–H groups in total. The molecule has 5 nitrogen and oxygen atoms in total. The molecule has 0 aromatic carbocycles. The van der Waals surface area contributed by atoms with Gasteiger partial charge in [-0.3, -0.25) is 5.10 Å². The zero-order valence-electron chi connectivity index (χ0n) is 7.51. The van der Waals surface area contributed by atoms with Gasteiger partial charge in [0.15, 0.2) is 5.82 Å². The molecule has 0 unspecified atom stereocenters. The van der Waals surface area contributed by atoms with Crippen LogP contribution >= 0.6 is 0 Å². The molecular formula is C9H9N5. The topological polar surface area (TPSA) is 67.3 Å². The van der Waals surface area contributed by atoms with Gasteiger partial charge in [-0.05, 0) is 12.8 Å². The van der Waals surface area contributed by atoms with Crippen LogP contribution in [0.5, 0.6) is 0 Å². The van der Waals surface area contributed by atoms with E-state index in [1.165, 1.54) is 19.2 Å². The van der Waals surface area contributed by atoms with Crippen LogP contribution in [-0.4, -0.2) is 25.1 Å². The van der Waals surface area contributed by atoms with Gasteiger partial charge in [-0.15, -0.1) is 0 Å². The van der Waals surface area contributed by atoms with E-state index in [-0.39, 0.29) is 0 Å². The van der Waals surface area contributed by atoms with Gasteiger partial charge in [-0.2, -0.15) is 5.10 Å². The first-order valence-electron chi connectivity index (χ1n) is 4.61. The molecule has 1 saturated carbocycles. The van der Waals surface area contributed by atoms with Crippen molar-refractivity contribution in [2.24, 2.45) is 0 Å². The lowest BCUT2D eigenvalue weighted by Crippen LogP contribution is -1.84. The molecule has 3 rings (SSSR count). The molecule has 0 bridgehead atoms. The van der Waals surface area contributed by atoms with Crippen LogP contribution in [-0.2, 0) is 0 Å². The lowest BCUT2D eigenvalue weighted by molar-refractivity contribution is 0.935. The third-order valence-electron chi connectivity index (χ3n) is 2.29. The first kappa shape index (κ1) is 7.61. The van der Waals surface area contributed by atoms with Crippen LogP contribution in [0.1, 0.15) is 24.6 Å². The molecule has 0 saturated heterocycles. The van der Waals surface area contributed by atoms with Gasteiger partial charge < -0.3 is 0 Å². The number of hydrogen-bond donors (Lipinski definition) is 1. The largest absolute Gasteiger partial charge is 0.262 e. The quantitative estimate of drug-likeness (QED) is 0.765. The molecule has 0 atom stereocenters. The maximum atomic E-state index is 4.40. The van der Waals surface area contributed by atoms with Crippen LogP contribution in [0.4, 0.5) is 0 Å². The molecule has 1 aliphatic rings. The highest BCUT2D eigenvalue weighted by Gasteiger charge is 2.27. The van der Waals surface area contributed by atoms with E-state index in [0.29, 0.717) is 11.7 Å². The van der Waals surface area contributed by atoms with Crippen LogP contribution in [0.25, 0.3) is 11.4 Å². The Bertz CT molecular complexity index is 431. The van der Waals surface area contributed by atoms with Gasteiger partial charge in [-0.25, -0.2) is 15.0 Å². The minimum absolute atomic E-state index is 0.598. The molecular weight excluding hydrogens is 178 g/mol. The summed E-state index contributed by atoms with van der Waals surface area (Å²) in [5.41, 5.74) is 0.857. The summed E-state index contributed by atoms with van der Waals surface area (Å²) in [6.07, 6.45) is 7.37. The summed E-state index contributed by atoms with van der Waals surface area (Å²) < 4.78 is 0. The summed E-state index contributed by atoms with van der Waals surface area (Å²) in [6, 6.07) is 0. The summed E-state index contributed by atoms with van der Waals surface area (Å²) in [6.45, 7) is 0. The highest BCUT2D eigenvalue weighted by molar-refractivity contribution is 5.50. The predicted molar refractivity (Wildman–Crippen MR) is 49.4 cm³/mol. The summed E-state index contributed by atoms with van der Waals surface area (Å²) in [7, 11) is 0. The third-order valence-corrected chi connectivity index (χ3v) is 2.29. The van der Waals surface area contributed by atoms with Crippen molar-refractivity contribution < 1.29 is 0 Å². The van der Waals surface area contributed by atoms with Crippen molar-refractivity contribution >= 4 is 0 Å². The Hall–Kier alpha value is -1.78.